The Hall–Kier alpha value is -2.45. The van der Waals surface area contributed by atoms with Crippen LogP contribution in [-0.4, -0.2) is 76.4 Å². The van der Waals surface area contributed by atoms with Crippen LogP contribution in [0.4, 0.5) is 0 Å². The Bertz CT molecular complexity index is 886. The number of pyridine rings is 1. The maximum atomic E-state index is 13.3. The summed E-state index contributed by atoms with van der Waals surface area (Å²) in [5, 5.41) is 7.05. The van der Waals surface area contributed by atoms with Crippen molar-refractivity contribution in [2.24, 2.45) is 0 Å². The maximum Gasteiger partial charge on any atom is 0.263 e. The molecular weight excluding hydrogens is 370 g/mol. The maximum absolute atomic E-state index is 13.3. The SMILES string of the molecule is Cc1ccn(CCN2CCOCC2)c(=O)c1C(=O)N1CCCC(c2ccn[nH]2)C1. The first-order chi connectivity index (χ1) is 14.1. The summed E-state index contributed by atoms with van der Waals surface area (Å²) in [6.07, 6.45) is 5.49. The van der Waals surface area contributed by atoms with E-state index in [1.54, 1.807) is 17.0 Å². The molecule has 2 aliphatic rings. The van der Waals surface area contributed by atoms with Gasteiger partial charge >= 0.3 is 0 Å². The van der Waals surface area contributed by atoms with Gasteiger partial charge < -0.3 is 14.2 Å². The number of ether oxygens (including phenoxy) is 1. The monoisotopic (exact) mass is 399 g/mol. The highest BCUT2D eigenvalue weighted by molar-refractivity contribution is 5.95. The second kappa shape index (κ2) is 8.92. The first kappa shape index (κ1) is 19.8. The number of aromatic nitrogens is 3. The quantitative estimate of drug-likeness (QED) is 0.818. The molecule has 2 fully saturated rings. The number of nitrogens with zero attached hydrogens (tertiary/aromatic N) is 4. The fraction of sp³-hybridized carbons (Fsp3) is 0.571. The Morgan fingerprint density at radius 3 is 2.83 bits per heavy atom. The lowest BCUT2D eigenvalue weighted by Gasteiger charge is -2.32. The van der Waals surface area contributed by atoms with Gasteiger partial charge in [-0.25, -0.2) is 0 Å². The molecule has 2 aromatic rings. The minimum atomic E-state index is -0.188. The summed E-state index contributed by atoms with van der Waals surface area (Å²) >= 11 is 0. The van der Waals surface area contributed by atoms with E-state index >= 15 is 0 Å². The molecule has 2 aromatic heterocycles. The largest absolute Gasteiger partial charge is 0.379 e. The Morgan fingerprint density at radius 1 is 1.24 bits per heavy atom. The third-order valence-corrected chi connectivity index (χ3v) is 6.02. The zero-order valence-corrected chi connectivity index (χ0v) is 17.0. The van der Waals surface area contributed by atoms with Crippen molar-refractivity contribution in [2.45, 2.75) is 32.2 Å². The molecule has 0 bridgehead atoms. The van der Waals surface area contributed by atoms with Gasteiger partial charge in [0.2, 0.25) is 0 Å². The van der Waals surface area contributed by atoms with E-state index in [9.17, 15) is 9.59 Å². The summed E-state index contributed by atoms with van der Waals surface area (Å²) in [6.45, 7) is 7.74. The lowest BCUT2D eigenvalue weighted by molar-refractivity contribution is 0.0362. The third kappa shape index (κ3) is 4.43. The highest BCUT2D eigenvalue weighted by atomic mass is 16.5. The summed E-state index contributed by atoms with van der Waals surface area (Å²) in [4.78, 5) is 30.5. The fourth-order valence-corrected chi connectivity index (χ4v) is 4.24. The van der Waals surface area contributed by atoms with E-state index in [4.69, 9.17) is 4.74 Å². The average molecular weight is 399 g/mol. The summed E-state index contributed by atoms with van der Waals surface area (Å²) in [5.41, 5.74) is 1.91. The number of aryl methyl sites for hydroxylation is 1. The topological polar surface area (TPSA) is 83.5 Å². The van der Waals surface area contributed by atoms with Gasteiger partial charge in [0.25, 0.3) is 11.5 Å². The summed E-state index contributed by atoms with van der Waals surface area (Å²) in [6, 6.07) is 3.84. The van der Waals surface area contributed by atoms with Crippen LogP contribution in [0.2, 0.25) is 0 Å². The molecule has 1 unspecified atom stereocenters. The molecule has 8 heteroatoms. The molecule has 4 rings (SSSR count). The molecule has 156 valence electrons. The molecule has 29 heavy (non-hydrogen) atoms. The number of hydrogen-bond donors (Lipinski definition) is 1. The standard InChI is InChI=1S/C21H29N5O3/c1-16-5-8-25(10-9-24-11-13-29-14-12-24)20(27)19(16)21(28)26-7-2-3-17(15-26)18-4-6-22-23-18/h4-6,8,17H,2-3,7,9-15H2,1H3,(H,22,23). The van der Waals surface area contributed by atoms with Gasteiger partial charge in [-0.2, -0.15) is 5.10 Å². The number of likely N-dealkylation sites (tertiary alicyclic amines) is 1. The Balaban J connectivity index is 1.49. The minimum absolute atomic E-state index is 0.155. The summed E-state index contributed by atoms with van der Waals surface area (Å²) in [5.74, 6) is 0.0835. The van der Waals surface area contributed by atoms with Crippen LogP contribution in [0.3, 0.4) is 0 Å². The molecule has 0 radical (unpaired) electrons. The first-order valence-electron chi connectivity index (χ1n) is 10.4. The van der Waals surface area contributed by atoms with Crippen molar-refractivity contribution in [1.29, 1.82) is 0 Å². The number of nitrogens with one attached hydrogen (secondary N) is 1. The number of H-pyrrole nitrogens is 1. The lowest BCUT2D eigenvalue weighted by atomic mass is 9.94. The Morgan fingerprint density at radius 2 is 2.07 bits per heavy atom. The van der Waals surface area contributed by atoms with Crippen molar-refractivity contribution in [3.8, 4) is 0 Å². The number of aromatic amines is 1. The highest BCUT2D eigenvalue weighted by Crippen LogP contribution is 2.26. The average Bonchev–Trinajstić information content (AvgIpc) is 3.29. The molecule has 2 saturated heterocycles. The normalized spacial score (nSPS) is 20.7. The third-order valence-electron chi connectivity index (χ3n) is 6.02. The van der Waals surface area contributed by atoms with E-state index in [0.717, 1.165) is 56.9 Å². The van der Waals surface area contributed by atoms with Gasteiger partial charge in [0.15, 0.2) is 0 Å². The molecule has 0 aliphatic carbocycles. The van der Waals surface area contributed by atoms with Crippen molar-refractivity contribution < 1.29 is 9.53 Å². The second-order valence-electron chi connectivity index (χ2n) is 7.93. The molecule has 1 amide bonds. The van der Waals surface area contributed by atoms with Gasteiger partial charge in [-0.05, 0) is 37.5 Å². The van der Waals surface area contributed by atoms with Crippen LogP contribution in [0, 0.1) is 6.92 Å². The van der Waals surface area contributed by atoms with E-state index in [1.165, 1.54) is 0 Å². The zero-order chi connectivity index (χ0) is 20.2. The molecule has 0 saturated carbocycles. The molecule has 4 heterocycles. The van der Waals surface area contributed by atoms with Crippen molar-refractivity contribution in [2.75, 3.05) is 45.9 Å². The van der Waals surface area contributed by atoms with E-state index in [1.807, 2.05) is 24.0 Å². The molecule has 0 spiro atoms. The van der Waals surface area contributed by atoms with Crippen LogP contribution in [0.5, 0.6) is 0 Å². The number of morpholine rings is 1. The van der Waals surface area contributed by atoms with Crippen LogP contribution < -0.4 is 5.56 Å². The number of amides is 1. The fourth-order valence-electron chi connectivity index (χ4n) is 4.24. The van der Waals surface area contributed by atoms with Gasteiger partial charge in [0, 0.05) is 63.3 Å². The number of piperidine rings is 1. The minimum Gasteiger partial charge on any atom is -0.379 e. The van der Waals surface area contributed by atoms with Crippen LogP contribution in [0.25, 0.3) is 0 Å². The van der Waals surface area contributed by atoms with Gasteiger partial charge in [-0.1, -0.05) is 0 Å². The predicted molar refractivity (Wildman–Crippen MR) is 109 cm³/mol. The molecule has 0 aromatic carbocycles. The van der Waals surface area contributed by atoms with Crippen molar-refractivity contribution in [3.05, 3.63) is 51.7 Å². The van der Waals surface area contributed by atoms with Crippen molar-refractivity contribution in [1.82, 2.24) is 24.6 Å². The number of hydrogen-bond acceptors (Lipinski definition) is 5. The number of carbonyl (C=O) groups excluding carboxylic acids is 1. The van der Waals surface area contributed by atoms with Gasteiger partial charge in [0.05, 0.1) is 13.2 Å². The predicted octanol–water partition coefficient (Wildman–Crippen LogP) is 1.23. The number of carbonyl (C=O) groups is 1. The molecule has 1 N–H and O–H groups in total. The summed E-state index contributed by atoms with van der Waals surface area (Å²) in [7, 11) is 0. The zero-order valence-electron chi connectivity index (χ0n) is 17.0. The van der Waals surface area contributed by atoms with E-state index in [0.29, 0.717) is 25.2 Å². The van der Waals surface area contributed by atoms with Crippen molar-refractivity contribution in [3.63, 3.8) is 0 Å². The first-order valence-corrected chi connectivity index (χ1v) is 10.4. The number of rotatable bonds is 5. The van der Waals surface area contributed by atoms with E-state index in [-0.39, 0.29) is 17.4 Å². The van der Waals surface area contributed by atoms with Crippen LogP contribution in [-0.2, 0) is 11.3 Å². The Kier molecular flexibility index (Phi) is 6.10. The molecule has 1 atom stereocenters. The van der Waals surface area contributed by atoms with Gasteiger partial charge in [-0.15, -0.1) is 0 Å². The highest BCUT2D eigenvalue weighted by Gasteiger charge is 2.28. The van der Waals surface area contributed by atoms with Crippen LogP contribution in [0.1, 0.15) is 40.4 Å². The van der Waals surface area contributed by atoms with Gasteiger partial charge in [0.1, 0.15) is 5.56 Å². The Labute approximate surface area is 170 Å². The summed E-state index contributed by atoms with van der Waals surface area (Å²) < 4.78 is 7.05. The van der Waals surface area contributed by atoms with Crippen LogP contribution in [0.15, 0.2) is 29.3 Å². The van der Waals surface area contributed by atoms with Gasteiger partial charge in [-0.3, -0.25) is 19.6 Å². The van der Waals surface area contributed by atoms with Crippen molar-refractivity contribution >= 4 is 5.91 Å². The molecule has 2 aliphatic heterocycles. The second-order valence-corrected chi connectivity index (χ2v) is 7.93. The molecule has 8 nitrogen and oxygen atoms in total. The lowest BCUT2D eigenvalue weighted by Crippen LogP contribution is -2.43. The molecular formula is C21H29N5O3. The smallest absolute Gasteiger partial charge is 0.263 e. The van der Waals surface area contributed by atoms with Crippen LogP contribution >= 0.6 is 0 Å². The van der Waals surface area contributed by atoms with E-state index in [2.05, 4.69) is 15.1 Å². The van der Waals surface area contributed by atoms with E-state index < -0.39 is 0 Å².